The lowest BCUT2D eigenvalue weighted by atomic mass is 10.2. The van der Waals surface area contributed by atoms with Gasteiger partial charge in [0.2, 0.25) is 0 Å². The Morgan fingerprint density at radius 2 is 2.30 bits per heavy atom. The number of aliphatic hydroxyl groups is 1. The molecule has 6 heteroatoms. The monoisotopic (exact) mass is 287 g/mol. The first-order valence-corrected chi connectivity index (χ1v) is 6.90. The molecule has 0 bridgehead atoms. The minimum Gasteiger partial charge on any atom is -0.395 e. The molecule has 0 fully saturated rings. The van der Waals surface area contributed by atoms with E-state index in [9.17, 15) is 4.79 Å². The average molecular weight is 287 g/mol. The Morgan fingerprint density at radius 1 is 1.40 bits per heavy atom. The fourth-order valence-corrected chi connectivity index (χ4v) is 1.97. The molecule has 2 rings (SSSR count). The van der Waals surface area contributed by atoms with Crippen LogP contribution in [0, 0.1) is 11.8 Å². The van der Waals surface area contributed by atoms with E-state index in [4.69, 9.17) is 5.11 Å². The maximum atomic E-state index is 11.8. The molecule has 0 saturated carbocycles. The first kappa shape index (κ1) is 14.2. The summed E-state index contributed by atoms with van der Waals surface area (Å²) in [4.78, 5) is 20.0. The molecule has 5 nitrogen and oxygen atoms in total. The summed E-state index contributed by atoms with van der Waals surface area (Å²) >= 11 is 1.49. The summed E-state index contributed by atoms with van der Waals surface area (Å²) < 4.78 is 0. The Bertz CT molecular complexity index is 612. The molecule has 0 radical (unpaired) electrons. The van der Waals surface area contributed by atoms with Gasteiger partial charge in [0.15, 0.2) is 0 Å². The first-order chi connectivity index (χ1) is 9.79. The summed E-state index contributed by atoms with van der Waals surface area (Å²) in [6.07, 6.45) is 3.67. The number of nitrogens with one attached hydrogen (secondary N) is 1. The highest BCUT2D eigenvalue weighted by Crippen LogP contribution is 2.04. The number of aliphatic hydroxyl groups excluding tert-OH is 1. The van der Waals surface area contributed by atoms with Gasteiger partial charge in [0.05, 0.1) is 13.2 Å². The number of hydrogen-bond donors (Lipinski definition) is 2. The van der Waals surface area contributed by atoms with Gasteiger partial charge in [-0.1, -0.05) is 11.8 Å². The Hall–Kier alpha value is -2.23. The lowest BCUT2D eigenvalue weighted by molar-refractivity contribution is 0.0946. The van der Waals surface area contributed by atoms with Crippen LogP contribution in [0.3, 0.4) is 0 Å². The number of nitrogens with zero attached hydrogens (tertiary/aromatic N) is 2. The quantitative estimate of drug-likeness (QED) is 0.829. The average Bonchev–Trinajstić information content (AvgIpc) is 2.99. The molecule has 2 heterocycles. The van der Waals surface area contributed by atoms with Crippen LogP contribution in [0.25, 0.3) is 0 Å². The zero-order chi connectivity index (χ0) is 14.2. The SMILES string of the molecule is O=C(NCc1nccs1)c1ccc(C#CCCO)cn1. The number of aromatic nitrogens is 2. The van der Waals surface area contributed by atoms with Crippen molar-refractivity contribution in [3.8, 4) is 11.8 Å². The van der Waals surface area contributed by atoms with Crippen LogP contribution >= 0.6 is 11.3 Å². The van der Waals surface area contributed by atoms with Crippen molar-refractivity contribution >= 4 is 17.2 Å². The fourth-order valence-electron chi connectivity index (χ4n) is 1.41. The Balaban J connectivity index is 1.92. The van der Waals surface area contributed by atoms with E-state index in [-0.39, 0.29) is 12.5 Å². The molecule has 1 amide bonds. The molecular formula is C14H13N3O2S. The normalized spacial score (nSPS) is 9.65. The van der Waals surface area contributed by atoms with E-state index >= 15 is 0 Å². The smallest absolute Gasteiger partial charge is 0.270 e. The lowest BCUT2D eigenvalue weighted by Gasteiger charge is -2.02. The number of pyridine rings is 1. The molecule has 0 unspecified atom stereocenters. The van der Waals surface area contributed by atoms with Gasteiger partial charge in [-0.25, -0.2) is 9.97 Å². The Kier molecular flexibility index (Phi) is 5.24. The molecule has 20 heavy (non-hydrogen) atoms. The number of hydrogen-bond acceptors (Lipinski definition) is 5. The van der Waals surface area contributed by atoms with Crippen molar-refractivity contribution in [3.63, 3.8) is 0 Å². The van der Waals surface area contributed by atoms with Crippen molar-refractivity contribution in [2.45, 2.75) is 13.0 Å². The lowest BCUT2D eigenvalue weighted by Crippen LogP contribution is -2.23. The molecule has 0 atom stereocenters. The third-order valence-electron chi connectivity index (χ3n) is 2.35. The number of thiazole rings is 1. The van der Waals surface area contributed by atoms with E-state index in [1.165, 1.54) is 11.3 Å². The van der Waals surface area contributed by atoms with Crippen LogP contribution in [0.5, 0.6) is 0 Å². The van der Waals surface area contributed by atoms with Crippen LogP contribution in [0.2, 0.25) is 0 Å². The van der Waals surface area contributed by atoms with Crippen LogP contribution in [-0.4, -0.2) is 27.6 Å². The molecule has 0 aromatic carbocycles. The summed E-state index contributed by atoms with van der Waals surface area (Å²) in [5.41, 5.74) is 1.06. The molecule has 0 aliphatic heterocycles. The van der Waals surface area contributed by atoms with Crippen molar-refractivity contribution in [1.29, 1.82) is 0 Å². The van der Waals surface area contributed by atoms with E-state index in [0.717, 1.165) is 10.6 Å². The van der Waals surface area contributed by atoms with Gasteiger partial charge in [-0.15, -0.1) is 11.3 Å². The van der Waals surface area contributed by atoms with Gasteiger partial charge in [-0.3, -0.25) is 4.79 Å². The molecule has 2 N–H and O–H groups in total. The molecule has 2 aromatic rings. The minimum atomic E-state index is -0.241. The van der Waals surface area contributed by atoms with Gasteiger partial charge in [0.25, 0.3) is 5.91 Å². The van der Waals surface area contributed by atoms with Gasteiger partial charge >= 0.3 is 0 Å². The Labute approximate surface area is 120 Å². The maximum Gasteiger partial charge on any atom is 0.270 e. The number of carbonyl (C=O) groups excluding carboxylic acids is 1. The van der Waals surface area contributed by atoms with Gasteiger partial charge < -0.3 is 10.4 Å². The summed E-state index contributed by atoms with van der Waals surface area (Å²) in [5, 5.41) is 14.1. The summed E-state index contributed by atoms with van der Waals surface area (Å²) in [7, 11) is 0. The van der Waals surface area contributed by atoms with Crippen LogP contribution in [0.1, 0.15) is 27.5 Å². The van der Waals surface area contributed by atoms with E-state index in [2.05, 4.69) is 27.1 Å². The van der Waals surface area contributed by atoms with E-state index < -0.39 is 0 Å². The van der Waals surface area contributed by atoms with E-state index in [1.54, 1.807) is 24.5 Å². The van der Waals surface area contributed by atoms with Gasteiger partial charge in [0, 0.05) is 29.8 Å². The summed E-state index contributed by atoms with van der Waals surface area (Å²) in [6.45, 7) is 0.438. The predicted molar refractivity (Wildman–Crippen MR) is 76.1 cm³/mol. The molecule has 0 aliphatic carbocycles. The predicted octanol–water partition coefficient (Wildman–Crippen LogP) is 1.20. The highest BCUT2D eigenvalue weighted by molar-refractivity contribution is 7.09. The second kappa shape index (κ2) is 7.38. The van der Waals surface area contributed by atoms with E-state index in [0.29, 0.717) is 18.7 Å². The van der Waals surface area contributed by atoms with Crippen molar-refractivity contribution in [2.75, 3.05) is 6.61 Å². The van der Waals surface area contributed by atoms with Crippen LogP contribution in [0.15, 0.2) is 29.9 Å². The highest BCUT2D eigenvalue weighted by Gasteiger charge is 2.07. The first-order valence-electron chi connectivity index (χ1n) is 6.02. The fraction of sp³-hybridized carbons (Fsp3) is 0.214. The standard InChI is InChI=1S/C14H13N3O2S/c18-7-2-1-3-11-4-5-12(16-9-11)14(19)17-10-13-15-6-8-20-13/h4-6,8-9,18H,2,7,10H2,(H,17,19). The molecule has 0 aliphatic rings. The van der Waals surface area contributed by atoms with Crippen molar-refractivity contribution in [1.82, 2.24) is 15.3 Å². The summed E-state index contributed by atoms with van der Waals surface area (Å²) in [6, 6.07) is 3.36. The molecule has 0 spiro atoms. The van der Waals surface area contributed by atoms with Crippen molar-refractivity contribution < 1.29 is 9.90 Å². The third-order valence-corrected chi connectivity index (χ3v) is 3.13. The molecule has 102 valence electrons. The van der Waals surface area contributed by atoms with E-state index in [1.807, 2.05) is 5.38 Å². The number of amides is 1. The molecule has 2 aromatic heterocycles. The van der Waals surface area contributed by atoms with Crippen LogP contribution in [0.4, 0.5) is 0 Å². The zero-order valence-electron chi connectivity index (χ0n) is 10.7. The summed E-state index contributed by atoms with van der Waals surface area (Å²) in [5.74, 6) is 5.41. The second-order valence-electron chi connectivity index (χ2n) is 3.82. The molecule has 0 saturated heterocycles. The largest absolute Gasteiger partial charge is 0.395 e. The van der Waals surface area contributed by atoms with Crippen LogP contribution < -0.4 is 5.32 Å². The third kappa shape index (κ3) is 4.16. The molecular weight excluding hydrogens is 274 g/mol. The van der Waals surface area contributed by atoms with Gasteiger partial charge in [-0.2, -0.15) is 0 Å². The van der Waals surface area contributed by atoms with Gasteiger partial charge in [-0.05, 0) is 12.1 Å². The number of carbonyl (C=O) groups is 1. The topological polar surface area (TPSA) is 75.1 Å². The highest BCUT2D eigenvalue weighted by atomic mass is 32.1. The van der Waals surface area contributed by atoms with Crippen LogP contribution in [-0.2, 0) is 6.54 Å². The van der Waals surface area contributed by atoms with Crippen molar-refractivity contribution in [3.05, 3.63) is 46.2 Å². The Morgan fingerprint density at radius 3 is 2.95 bits per heavy atom. The zero-order valence-corrected chi connectivity index (χ0v) is 11.5. The van der Waals surface area contributed by atoms with Gasteiger partial charge in [0.1, 0.15) is 10.7 Å². The minimum absolute atomic E-state index is 0.0394. The maximum absolute atomic E-state index is 11.8. The second-order valence-corrected chi connectivity index (χ2v) is 4.80. The number of rotatable bonds is 4. The van der Waals surface area contributed by atoms with Crippen molar-refractivity contribution in [2.24, 2.45) is 0 Å².